The van der Waals surface area contributed by atoms with Crippen molar-refractivity contribution in [1.82, 2.24) is 4.31 Å². The summed E-state index contributed by atoms with van der Waals surface area (Å²) in [4.78, 5) is 12.3. The average Bonchev–Trinajstić information content (AvgIpc) is 2.82. The average molecular weight is 297 g/mol. The first-order valence-corrected chi connectivity index (χ1v) is 9.10. The lowest BCUT2D eigenvalue weighted by atomic mass is 9.69. The molecule has 4 nitrogen and oxygen atoms in total. The molecule has 1 spiro atoms. The van der Waals surface area contributed by atoms with E-state index >= 15 is 0 Å². The molecule has 5 heteroatoms. The van der Waals surface area contributed by atoms with Crippen LogP contribution in [0.3, 0.4) is 0 Å². The van der Waals surface area contributed by atoms with E-state index in [1.165, 1.54) is 10.4 Å². The number of carbonyl (C=O) groups excluding carboxylic acids is 1. The van der Waals surface area contributed by atoms with Crippen LogP contribution in [0.2, 0.25) is 0 Å². The maximum absolute atomic E-state index is 12.5. The summed E-state index contributed by atoms with van der Waals surface area (Å²) in [5.41, 5.74) is -0.194. The number of carbonyl (C=O) groups is 1. The number of allylic oxidation sites excluding steroid dienone is 1. The van der Waals surface area contributed by atoms with Crippen molar-refractivity contribution in [2.24, 2.45) is 16.7 Å². The summed E-state index contributed by atoms with van der Waals surface area (Å²) in [5, 5.41) is 0. The minimum absolute atomic E-state index is 0.0221. The van der Waals surface area contributed by atoms with Gasteiger partial charge >= 0.3 is 0 Å². The Hall–Kier alpha value is -0.840. The summed E-state index contributed by atoms with van der Waals surface area (Å²) in [7, 11) is -3.46. The first-order valence-electron chi connectivity index (χ1n) is 7.49. The van der Waals surface area contributed by atoms with E-state index in [1.54, 1.807) is 6.08 Å². The standard InChI is InChI=1S/C15H23NO3S/c1-4-5-6-13(17)16-12-9-11-7-8-15(12,14(11,2)3)10-20(16,18)19/h5-6,11-12H,4,7-10H2,1-3H3/b6-5-. The van der Waals surface area contributed by atoms with Crippen molar-refractivity contribution in [2.45, 2.75) is 52.5 Å². The van der Waals surface area contributed by atoms with Crippen LogP contribution in [0.15, 0.2) is 12.2 Å². The number of sulfonamides is 1. The molecule has 0 aromatic rings. The fourth-order valence-corrected chi connectivity index (χ4v) is 7.38. The molecule has 2 saturated carbocycles. The maximum Gasteiger partial charge on any atom is 0.259 e. The second-order valence-electron chi connectivity index (χ2n) is 7.07. The Morgan fingerprint density at radius 1 is 1.40 bits per heavy atom. The Labute approximate surface area is 121 Å². The monoisotopic (exact) mass is 297 g/mol. The zero-order valence-electron chi connectivity index (χ0n) is 12.4. The molecule has 3 aliphatic rings. The molecule has 0 N–H and O–H groups in total. The van der Waals surface area contributed by atoms with Crippen molar-refractivity contribution in [1.29, 1.82) is 0 Å². The van der Waals surface area contributed by atoms with E-state index in [4.69, 9.17) is 0 Å². The molecule has 20 heavy (non-hydrogen) atoms. The third-order valence-electron chi connectivity index (χ3n) is 6.12. The van der Waals surface area contributed by atoms with Crippen LogP contribution >= 0.6 is 0 Å². The molecule has 3 atom stereocenters. The molecule has 0 aromatic heterocycles. The fraction of sp³-hybridized carbons (Fsp3) is 0.800. The van der Waals surface area contributed by atoms with Crippen LogP contribution in [0.1, 0.15) is 46.5 Å². The van der Waals surface area contributed by atoms with Gasteiger partial charge in [0.2, 0.25) is 10.0 Å². The van der Waals surface area contributed by atoms with Crippen molar-refractivity contribution in [3.8, 4) is 0 Å². The minimum Gasteiger partial charge on any atom is -0.269 e. The first-order chi connectivity index (χ1) is 9.26. The molecule has 2 aliphatic carbocycles. The van der Waals surface area contributed by atoms with Crippen LogP contribution in [0.5, 0.6) is 0 Å². The Morgan fingerprint density at radius 2 is 2.10 bits per heavy atom. The quantitative estimate of drug-likeness (QED) is 0.735. The largest absolute Gasteiger partial charge is 0.269 e. The maximum atomic E-state index is 12.5. The summed E-state index contributed by atoms with van der Waals surface area (Å²) < 4.78 is 26.3. The lowest BCUT2D eigenvalue weighted by Gasteiger charge is -2.36. The second-order valence-corrected chi connectivity index (χ2v) is 8.91. The topological polar surface area (TPSA) is 54.5 Å². The Morgan fingerprint density at radius 3 is 2.70 bits per heavy atom. The molecule has 0 radical (unpaired) electrons. The Balaban J connectivity index is 2.02. The zero-order chi connectivity index (χ0) is 14.8. The van der Waals surface area contributed by atoms with Crippen LogP contribution in [0, 0.1) is 16.7 Å². The summed E-state index contributed by atoms with van der Waals surface area (Å²) >= 11 is 0. The number of hydrogen-bond acceptors (Lipinski definition) is 3. The molecule has 1 saturated heterocycles. The summed E-state index contributed by atoms with van der Waals surface area (Å²) in [6.07, 6.45) is 6.79. The van der Waals surface area contributed by atoms with Crippen LogP contribution in [0.4, 0.5) is 0 Å². The lowest BCUT2D eigenvalue weighted by Crippen LogP contribution is -2.43. The predicted molar refractivity (Wildman–Crippen MR) is 77.4 cm³/mol. The molecule has 1 aliphatic heterocycles. The van der Waals surface area contributed by atoms with Crippen molar-refractivity contribution < 1.29 is 13.2 Å². The van der Waals surface area contributed by atoms with E-state index < -0.39 is 10.0 Å². The van der Waals surface area contributed by atoms with Gasteiger partial charge in [0.05, 0.1) is 11.8 Å². The summed E-state index contributed by atoms with van der Waals surface area (Å²) in [6, 6.07) is -0.116. The van der Waals surface area contributed by atoms with Gasteiger partial charge < -0.3 is 0 Å². The first kappa shape index (κ1) is 14.1. The zero-order valence-corrected chi connectivity index (χ0v) is 13.2. The molecule has 112 valence electrons. The van der Waals surface area contributed by atoms with Crippen molar-refractivity contribution in [2.75, 3.05) is 5.75 Å². The molecular formula is C15H23NO3S. The lowest BCUT2D eigenvalue weighted by molar-refractivity contribution is -0.124. The number of rotatable bonds is 2. The van der Waals surface area contributed by atoms with Crippen molar-refractivity contribution in [3.05, 3.63) is 12.2 Å². The number of hydrogen-bond donors (Lipinski definition) is 0. The van der Waals surface area contributed by atoms with Crippen molar-refractivity contribution in [3.63, 3.8) is 0 Å². The Kier molecular flexibility index (Phi) is 2.89. The van der Waals surface area contributed by atoms with Gasteiger partial charge in [0.1, 0.15) is 0 Å². The van der Waals surface area contributed by atoms with Gasteiger partial charge in [-0.05, 0) is 37.0 Å². The van der Waals surface area contributed by atoms with Gasteiger partial charge in [-0.25, -0.2) is 12.7 Å². The van der Waals surface area contributed by atoms with E-state index in [1.807, 2.05) is 6.92 Å². The van der Waals surface area contributed by atoms with Crippen molar-refractivity contribution >= 4 is 15.9 Å². The molecule has 0 aromatic carbocycles. The molecule has 3 unspecified atom stereocenters. The van der Waals surface area contributed by atoms with E-state index in [2.05, 4.69) is 13.8 Å². The van der Waals surface area contributed by atoms with Gasteiger partial charge in [-0.15, -0.1) is 0 Å². The van der Waals surface area contributed by atoms with Gasteiger partial charge in [-0.2, -0.15) is 0 Å². The second kappa shape index (κ2) is 4.09. The van der Waals surface area contributed by atoms with Crippen LogP contribution < -0.4 is 0 Å². The molecule has 3 rings (SSSR count). The highest BCUT2D eigenvalue weighted by molar-refractivity contribution is 7.90. The third-order valence-corrected chi connectivity index (χ3v) is 8.04. The molecule has 2 bridgehead atoms. The predicted octanol–water partition coefficient (Wildman–Crippen LogP) is 2.32. The highest BCUT2D eigenvalue weighted by Gasteiger charge is 2.72. The highest BCUT2D eigenvalue weighted by Crippen LogP contribution is 2.69. The number of nitrogens with zero attached hydrogens (tertiary/aromatic N) is 1. The van der Waals surface area contributed by atoms with E-state index in [9.17, 15) is 13.2 Å². The Bertz CT molecular complexity index is 578. The van der Waals surface area contributed by atoms with E-state index in [0.29, 0.717) is 5.92 Å². The van der Waals surface area contributed by atoms with Gasteiger partial charge in [0.15, 0.2) is 0 Å². The molecule has 1 heterocycles. The number of amides is 1. The highest BCUT2D eigenvalue weighted by atomic mass is 32.2. The summed E-state index contributed by atoms with van der Waals surface area (Å²) in [5.74, 6) is 0.352. The van der Waals surface area contributed by atoms with E-state index in [0.717, 1.165) is 25.7 Å². The normalized spacial score (nSPS) is 40.5. The van der Waals surface area contributed by atoms with Gasteiger partial charge in [-0.1, -0.05) is 26.8 Å². The van der Waals surface area contributed by atoms with Crippen LogP contribution in [0.25, 0.3) is 0 Å². The van der Waals surface area contributed by atoms with Crippen LogP contribution in [-0.4, -0.2) is 30.4 Å². The molecule has 3 fully saturated rings. The fourth-order valence-electron chi connectivity index (χ4n) is 4.87. The van der Waals surface area contributed by atoms with E-state index in [-0.39, 0.29) is 28.5 Å². The smallest absolute Gasteiger partial charge is 0.259 e. The summed E-state index contributed by atoms with van der Waals surface area (Å²) in [6.45, 7) is 6.32. The van der Waals surface area contributed by atoms with Gasteiger partial charge in [0.25, 0.3) is 5.91 Å². The van der Waals surface area contributed by atoms with Gasteiger partial charge in [-0.3, -0.25) is 4.79 Å². The molecule has 1 amide bonds. The number of fused-ring (bicyclic) bond motifs is 1. The minimum atomic E-state index is -3.46. The van der Waals surface area contributed by atoms with Crippen LogP contribution in [-0.2, 0) is 14.8 Å². The SMILES string of the molecule is CC/C=C\C(=O)N1C2CC3CCC2(CS1(=O)=O)C3(C)C. The molecular weight excluding hydrogens is 274 g/mol. The third kappa shape index (κ3) is 1.53. The van der Waals surface area contributed by atoms with Gasteiger partial charge in [0, 0.05) is 11.5 Å².